The van der Waals surface area contributed by atoms with Gasteiger partial charge in [0.2, 0.25) is 0 Å². The van der Waals surface area contributed by atoms with Crippen LogP contribution in [0.15, 0.2) is 0 Å². The molecule has 0 aromatic heterocycles. The quantitative estimate of drug-likeness (QED) is 0.667. The highest BCUT2D eigenvalue weighted by Crippen LogP contribution is 2.35. The van der Waals surface area contributed by atoms with Gasteiger partial charge in [-0.25, -0.2) is 0 Å². The number of hydrogen-bond donors (Lipinski definition) is 0. The second-order valence-electron chi connectivity index (χ2n) is 3.54. The maximum Gasteiger partial charge on any atom is 0.0680 e. The summed E-state index contributed by atoms with van der Waals surface area (Å²) >= 11 is 24.0. The Morgan fingerprint density at radius 2 is 1.71 bits per heavy atom. The van der Waals surface area contributed by atoms with Gasteiger partial charge in [0.05, 0.1) is 16.1 Å². The van der Waals surface area contributed by atoms with E-state index in [1.54, 1.807) is 0 Å². The van der Waals surface area contributed by atoms with E-state index in [9.17, 15) is 0 Å². The van der Waals surface area contributed by atoms with E-state index < -0.39 is 0 Å². The van der Waals surface area contributed by atoms with Crippen LogP contribution in [0.1, 0.15) is 25.7 Å². The predicted octanol–water partition coefficient (Wildman–Crippen LogP) is 4.40. The summed E-state index contributed by atoms with van der Waals surface area (Å²) in [5.74, 6) is 1.67. The van der Waals surface area contributed by atoms with Gasteiger partial charge >= 0.3 is 0 Å². The summed E-state index contributed by atoms with van der Waals surface area (Å²) in [6.07, 6.45) is 6.59. The van der Waals surface area contributed by atoms with Gasteiger partial charge in [-0.15, -0.1) is 46.4 Å². The van der Waals surface area contributed by atoms with Crippen molar-refractivity contribution in [2.24, 2.45) is 0 Å². The molecule has 1 fully saturated rings. The van der Waals surface area contributed by atoms with Crippen molar-refractivity contribution in [1.29, 1.82) is 0 Å². The molecular weight excluding hydrogens is 262 g/mol. The van der Waals surface area contributed by atoms with E-state index >= 15 is 0 Å². The fourth-order valence-corrected chi connectivity index (χ4v) is 2.78. The van der Waals surface area contributed by atoms with Gasteiger partial charge in [0, 0.05) is 5.88 Å². The molecule has 0 N–H and O–H groups in total. The van der Waals surface area contributed by atoms with Gasteiger partial charge in [0.15, 0.2) is 0 Å². The van der Waals surface area contributed by atoms with E-state index in [2.05, 4.69) is 6.42 Å². The van der Waals surface area contributed by atoms with Crippen LogP contribution in [0.25, 0.3) is 0 Å². The molecule has 0 aromatic rings. The molecular formula is C10H14Cl4. The molecule has 0 aromatic carbocycles. The van der Waals surface area contributed by atoms with E-state index in [-0.39, 0.29) is 16.1 Å². The van der Waals surface area contributed by atoms with Crippen molar-refractivity contribution >= 4 is 46.4 Å². The van der Waals surface area contributed by atoms with Crippen LogP contribution in [0, 0.1) is 12.3 Å². The summed E-state index contributed by atoms with van der Waals surface area (Å²) in [6.45, 7) is 0. The minimum Gasteiger partial charge on any atom is -0.125 e. The SMILES string of the molecule is ClCC(Cl)C(Cl)C(Cl)[C]1CC[CH]CC1. The molecule has 0 spiro atoms. The lowest BCUT2D eigenvalue weighted by Gasteiger charge is -2.29. The summed E-state index contributed by atoms with van der Waals surface area (Å²) in [5.41, 5.74) is 0. The second-order valence-corrected chi connectivity index (χ2v) is 5.38. The number of hydrogen-bond acceptors (Lipinski definition) is 0. The van der Waals surface area contributed by atoms with Gasteiger partial charge in [-0.3, -0.25) is 0 Å². The molecule has 3 atom stereocenters. The molecule has 0 aliphatic heterocycles. The highest BCUT2D eigenvalue weighted by atomic mass is 35.5. The topological polar surface area (TPSA) is 0 Å². The third kappa shape index (κ3) is 3.63. The number of halogens is 4. The normalized spacial score (nSPS) is 25.7. The van der Waals surface area contributed by atoms with E-state index in [4.69, 9.17) is 46.4 Å². The Bertz CT molecular complexity index is 154. The predicted molar refractivity (Wildman–Crippen MR) is 65.7 cm³/mol. The minimum atomic E-state index is -0.260. The van der Waals surface area contributed by atoms with Gasteiger partial charge in [-0.05, 0) is 38.0 Å². The average Bonchev–Trinajstić information content (AvgIpc) is 2.27. The van der Waals surface area contributed by atoms with Crippen LogP contribution in [-0.4, -0.2) is 22.0 Å². The van der Waals surface area contributed by atoms with Crippen molar-refractivity contribution in [3.63, 3.8) is 0 Å². The first kappa shape index (κ1) is 13.2. The first-order valence-corrected chi connectivity index (χ1v) is 6.65. The molecule has 0 heterocycles. The molecule has 0 amide bonds. The molecule has 1 saturated carbocycles. The standard InChI is InChI=1S/C10H14Cl4/c11-6-8(12)10(14)9(13)7-4-2-1-3-5-7/h1,8-10H,2-6H2. The maximum absolute atomic E-state index is 6.26. The number of alkyl halides is 4. The minimum absolute atomic E-state index is 0.133. The lowest BCUT2D eigenvalue weighted by Crippen LogP contribution is -2.32. The molecule has 1 rings (SSSR count). The molecule has 1 aliphatic carbocycles. The summed E-state index contributed by atoms with van der Waals surface area (Å²) in [7, 11) is 0. The summed E-state index contributed by atoms with van der Waals surface area (Å²) in [5, 5.41) is -0.644. The molecule has 4 heteroatoms. The van der Waals surface area contributed by atoms with Crippen molar-refractivity contribution in [1.82, 2.24) is 0 Å². The lowest BCUT2D eigenvalue weighted by molar-refractivity contribution is 0.571. The highest BCUT2D eigenvalue weighted by molar-refractivity contribution is 6.37. The lowest BCUT2D eigenvalue weighted by atomic mass is 9.85. The van der Waals surface area contributed by atoms with Crippen LogP contribution >= 0.6 is 46.4 Å². The summed E-state index contributed by atoms with van der Waals surface area (Å²) < 4.78 is 0. The Balaban J connectivity index is 2.41. The molecule has 82 valence electrons. The van der Waals surface area contributed by atoms with Crippen LogP contribution in [0.2, 0.25) is 0 Å². The van der Waals surface area contributed by atoms with E-state index in [0.29, 0.717) is 5.88 Å². The van der Waals surface area contributed by atoms with Crippen molar-refractivity contribution in [2.45, 2.75) is 41.8 Å². The van der Waals surface area contributed by atoms with Crippen LogP contribution < -0.4 is 0 Å². The zero-order valence-electron chi connectivity index (χ0n) is 7.86. The van der Waals surface area contributed by atoms with E-state index in [0.717, 1.165) is 25.7 Å². The highest BCUT2D eigenvalue weighted by Gasteiger charge is 2.32. The third-order valence-electron chi connectivity index (χ3n) is 2.50. The van der Waals surface area contributed by atoms with Crippen molar-refractivity contribution < 1.29 is 0 Å². The van der Waals surface area contributed by atoms with Gasteiger partial charge in [0.1, 0.15) is 0 Å². The Morgan fingerprint density at radius 1 is 1.14 bits per heavy atom. The Kier molecular flexibility index (Phi) is 6.31. The van der Waals surface area contributed by atoms with Gasteiger partial charge in [-0.2, -0.15) is 0 Å². The maximum atomic E-state index is 6.26. The molecule has 14 heavy (non-hydrogen) atoms. The zero-order valence-corrected chi connectivity index (χ0v) is 10.9. The largest absolute Gasteiger partial charge is 0.125 e. The molecule has 0 saturated heterocycles. The van der Waals surface area contributed by atoms with Crippen LogP contribution in [0.5, 0.6) is 0 Å². The van der Waals surface area contributed by atoms with Crippen molar-refractivity contribution in [3.8, 4) is 0 Å². The molecule has 2 radical (unpaired) electrons. The molecule has 1 aliphatic rings. The fourth-order valence-electron chi connectivity index (χ4n) is 1.61. The van der Waals surface area contributed by atoms with Gasteiger partial charge < -0.3 is 0 Å². The molecule has 3 unspecified atom stereocenters. The average molecular weight is 276 g/mol. The smallest absolute Gasteiger partial charge is 0.0680 e. The first-order valence-electron chi connectivity index (χ1n) is 4.81. The van der Waals surface area contributed by atoms with Gasteiger partial charge in [-0.1, -0.05) is 0 Å². The molecule has 0 bridgehead atoms. The zero-order chi connectivity index (χ0) is 10.6. The Labute approximate surface area is 106 Å². The Hall–Kier alpha value is 1.16. The van der Waals surface area contributed by atoms with Gasteiger partial charge in [0.25, 0.3) is 0 Å². The van der Waals surface area contributed by atoms with Crippen LogP contribution in [0.4, 0.5) is 0 Å². The van der Waals surface area contributed by atoms with Crippen LogP contribution in [-0.2, 0) is 0 Å². The van der Waals surface area contributed by atoms with E-state index in [1.165, 1.54) is 5.92 Å². The summed E-state index contributed by atoms with van der Waals surface area (Å²) in [4.78, 5) is 0. The van der Waals surface area contributed by atoms with Crippen LogP contribution in [0.3, 0.4) is 0 Å². The summed E-state index contributed by atoms with van der Waals surface area (Å²) in [6, 6.07) is 0. The third-order valence-corrected chi connectivity index (χ3v) is 4.81. The van der Waals surface area contributed by atoms with Crippen molar-refractivity contribution in [3.05, 3.63) is 12.3 Å². The van der Waals surface area contributed by atoms with Crippen molar-refractivity contribution in [2.75, 3.05) is 5.88 Å². The fraction of sp³-hybridized carbons (Fsp3) is 0.800. The second kappa shape index (κ2) is 6.68. The number of rotatable bonds is 4. The molecule has 0 nitrogen and oxygen atoms in total. The van der Waals surface area contributed by atoms with E-state index in [1.807, 2.05) is 0 Å². The first-order chi connectivity index (χ1) is 6.66. The monoisotopic (exact) mass is 274 g/mol. The Morgan fingerprint density at radius 3 is 2.21 bits per heavy atom.